The first-order valence-corrected chi connectivity index (χ1v) is 7.35. The van der Waals surface area contributed by atoms with Gasteiger partial charge in [-0.3, -0.25) is 4.79 Å². The predicted molar refractivity (Wildman–Crippen MR) is 71.4 cm³/mol. The molecule has 0 aromatic heterocycles. The molecule has 18 heavy (non-hydrogen) atoms. The van der Waals surface area contributed by atoms with Gasteiger partial charge in [-0.25, -0.2) is 0 Å². The molecule has 2 aliphatic rings. The number of amides is 1. The van der Waals surface area contributed by atoms with E-state index >= 15 is 0 Å². The lowest BCUT2D eigenvalue weighted by atomic mass is 10.0. The average Bonchev–Trinajstić information content (AvgIpc) is 2.34. The summed E-state index contributed by atoms with van der Waals surface area (Å²) < 4.78 is 6.01. The van der Waals surface area contributed by atoms with Crippen molar-refractivity contribution in [1.82, 2.24) is 10.2 Å². The van der Waals surface area contributed by atoms with Crippen LogP contribution >= 0.6 is 0 Å². The summed E-state index contributed by atoms with van der Waals surface area (Å²) in [5.41, 5.74) is 0. The molecule has 0 radical (unpaired) electrons. The molecular weight excluding hydrogens is 228 g/mol. The van der Waals surface area contributed by atoms with E-state index in [0.717, 1.165) is 51.9 Å². The second-order valence-corrected chi connectivity index (χ2v) is 5.64. The standard InChI is InChI=1S/C14H26N2O2/c1-3-4-11(2)14(17)16-9-13(10-16)18-12-5-7-15-8-6-12/h11-13,15H,3-10H2,1-2H3. The van der Waals surface area contributed by atoms with Gasteiger partial charge < -0.3 is 15.0 Å². The zero-order chi connectivity index (χ0) is 13.0. The molecule has 1 amide bonds. The van der Waals surface area contributed by atoms with E-state index in [0.29, 0.717) is 12.0 Å². The highest BCUT2D eigenvalue weighted by atomic mass is 16.5. The maximum absolute atomic E-state index is 12.0. The summed E-state index contributed by atoms with van der Waals surface area (Å²) in [6.07, 6.45) is 4.98. The van der Waals surface area contributed by atoms with Crippen molar-refractivity contribution in [2.75, 3.05) is 26.2 Å². The molecule has 104 valence electrons. The van der Waals surface area contributed by atoms with Crippen LogP contribution in [0.3, 0.4) is 0 Å². The van der Waals surface area contributed by atoms with E-state index in [4.69, 9.17) is 4.74 Å². The molecule has 2 fully saturated rings. The quantitative estimate of drug-likeness (QED) is 0.806. The molecule has 1 N–H and O–H groups in total. The van der Waals surface area contributed by atoms with Crippen molar-refractivity contribution >= 4 is 5.91 Å². The van der Waals surface area contributed by atoms with Crippen molar-refractivity contribution < 1.29 is 9.53 Å². The van der Waals surface area contributed by atoms with Gasteiger partial charge in [0.1, 0.15) is 0 Å². The number of likely N-dealkylation sites (tertiary alicyclic amines) is 1. The molecule has 0 aromatic rings. The largest absolute Gasteiger partial charge is 0.371 e. The van der Waals surface area contributed by atoms with Crippen LogP contribution in [0.1, 0.15) is 39.5 Å². The van der Waals surface area contributed by atoms with Crippen LogP contribution in [0.4, 0.5) is 0 Å². The van der Waals surface area contributed by atoms with Gasteiger partial charge in [-0.15, -0.1) is 0 Å². The van der Waals surface area contributed by atoms with Crippen molar-refractivity contribution in [2.45, 2.75) is 51.7 Å². The maximum Gasteiger partial charge on any atom is 0.225 e. The Kier molecular flexibility index (Phi) is 5.01. The second kappa shape index (κ2) is 6.53. The van der Waals surface area contributed by atoms with Crippen molar-refractivity contribution in [2.24, 2.45) is 5.92 Å². The number of nitrogens with one attached hydrogen (secondary N) is 1. The van der Waals surface area contributed by atoms with Gasteiger partial charge in [-0.05, 0) is 32.4 Å². The second-order valence-electron chi connectivity index (χ2n) is 5.64. The van der Waals surface area contributed by atoms with Gasteiger partial charge in [0.25, 0.3) is 0 Å². The molecule has 4 nitrogen and oxygen atoms in total. The van der Waals surface area contributed by atoms with Gasteiger partial charge >= 0.3 is 0 Å². The number of carbonyl (C=O) groups is 1. The molecule has 1 unspecified atom stereocenters. The Bertz CT molecular complexity index is 271. The SMILES string of the molecule is CCCC(C)C(=O)N1CC(OC2CCNCC2)C1. The molecule has 0 spiro atoms. The lowest BCUT2D eigenvalue weighted by Gasteiger charge is -2.42. The van der Waals surface area contributed by atoms with Crippen LogP contribution in [0, 0.1) is 5.92 Å². The van der Waals surface area contributed by atoms with Crippen molar-refractivity contribution in [3.63, 3.8) is 0 Å². The van der Waals surface area contributed by atoms with E-state index in [1.807, 2.05) is 11.8 Å². The third-order valence-electron chi connectivity index (χ3n) is 3.97. The van der Waals surface area contributed by atoms with Crippen LogP contribution in [-0.4, -0.2) is 49.2 Å². The molecule has 2 rings (SSSR count). The molecule has 2 saturated heterocycles. The lowest BCUT2D eigenvalue weighted by molar-refractivity contribution is -0.154. The summed E-state index contributed by atoms with van der Waals surface area (Å²) >= 11 is 0. The molecule has 0 aliphatic carbocycles. The Hall–Kier alpha value is -0.610. The van der Waals surface area contributed by atoms with Crippen molar-refractivity contribution in [3.8, 4) is 0 Å². The highest BCUT2D eigenvalue weighted by molar-refractivity contribution is 5.79. The number of ether oxygens (including phenoxy) is 1. The first-order valence-electron chi connectivity index (χ1n) is 7.35. The van der Waals surface area contributed by atoms with Gasteiger partial charge in [0.2, 0.25) is 5.91 Å². The highest BCUT2D eigenvalue weighted by Gasteiger charge is 2.34. The van der Waals surface area contributed by atoms with E-state index < -0.39 is 0 Å². The molecule has 1 atom stereocenters. The average molecular weight is 254 g/mol. The molecule has 0 saturated carbocycles. The number of carbonyl (C=O) groups excluding carboxylic acids is 1. The summed E-state index contributed by atoms with van der Waals surface area (Å²) in [6.45, 7) is 7.89. The normalized spacial score (nSPS) is 23.8. The smallest absolute Gasteiger partial charge is 0.225 e. The van der Waals surface area contributed by atoms with Crippen LogP contribution in [0.5, 0.6) is 0 Å². The van der Waals surface area contributed by atoms with Crippen LogP contribution < -0.4 is 5.32 Å². The highest BCUT2D eigenvalue weighted by Crippen LogP contribution is 2.20. The van der Waals surface area contributed by atoms with E-state index in [9.17, 15) is 4.79 Å². The fraction of sp³-hybridized carbons (Fsp3) is 0.929. The zero-order valence-corrected chi connectivity index (χ0v) is 11.7. The minimum atomic E-state index is 0.176. The summed E-state index contributed by atoms with van der Waals surface area (Å²) in [6, 6.07) is 0. The molecule has 0 aromatic carbocycles. The van der Waals surface area contributed by atoms with E-state index in [1.165, 1.54) is 0 Å². The number of hydrogen-bond donors (Lipinski definition) is 1. The Morgan fingerprint density at radius 2 is 2.00 bits per heavy atom. The van der Waals surface area contributed by atoms with Gasteiger partial charge in [-0.2, -0.15) is 0 Å². The minimum absolute atomic E-state index is 0.176. The minimum Gasteiger partial charge on any atom is -0.371 e. The summed E-state index contributed by atoms with van der Waals surface area (Å²) in [4.78, 5) is 14.0. The third-order valence-corrected chi connectivity index (χ3v) is 3.97. The number of hydrogen-bond acceptors (Lipinski definition) is 3. The number of rotatable bonds is 5. The Labute approximate surface area is 110 Å². The van der Waals surface area contributed by atoms with E-state index in [2.05, 4.69) is 12.2 Å². The lowest BCUT2D eigenvalue weighted by Crippen LogP contribution is -2.57. The Morgan fingerprint density at radius 1 is 1.33 bits per heavy atom. The monoisotopic (exact) mass is 254 g/mol. The molecule has 0 bridgehead atoms. The molecule has 4 heteroatoms. The molecular formula is C14H26N2O2. The number of piperidine rings is 1. The fourth-order valence-corrected chi connectivity index (χ4v) is 2.78. The third kappa shape index (κ3) is 3.45. The van der Waals surface area contributed by atoms with E-state index in [-0.39, 0.29) is 12.0 Å². The predicted octanol–water partition coefficient (Wildman–Crippen LogP) is 1.40. The van der Waals surface area contributed by atoms with Crippen LogP contribution in [0.2, 0.25) is 0 Å². The van der Waals surface area contributed by atoms with Gasteiger partial charge in [0, 0.05) is 19.0 Å². The van der Waals surface area contributed by atoms with Gasteiger partial charge in [-0.1, -0.05) is 20.3 Å². The molecule has 2 aliphatic heterocycles. The van der Waals surface area contributed by atoms with Crippen molar-refractivity contribution in [1.29, 1.82) is 0 Å². The molecule has 2 heterocycles. The van der Waals surface area contributed by atoms with Crippen LogP contribution in [0.15, 0.2) is 0 Å². The maximum atomic E-state index is 12.0. The Balaban J connectivity index is 1.65. The van der Waals surface area contributed by atoms with Crippen LogP contribution in [0.25, 0.3) is 0 Å². The van der Waals surface area contributed by atoms with E-state index in [1.54, 1.807) is 0 Å². The first-order chi connectivity index (χ1) is 8.70. The zero-order valence-electron chi connectivity index (χ0n) is 11.7. The van der Waals surface area contributed by atoms with Crippen molar-refractivity contribution in [3.05, 3.63) is 0 Å². The van der Waals surface area contributed by atoms with Crippen LogP contribution in [-0.2, 0) is 9.53 Å². The van der Waals surface area contributed by atoms with Gasteiger partial charge in [0.05, 0.1) is 12.2 Å². The van der Waals surface area contributed by atoms with Gasteiger partial charge in [0.15, 0.2) is 0 Å². The fourth-order valence-electron chi connectivity index (χ4n) is 2.78. The summed E-state index contributed by atoms with van der Waals surface area (Å²) in [5.74, 6) is 0.483. The topological polar surface area (TPSA) is 41.6 Å². The summed E-state index contributed by atoms with van der Waals surface area (Å²) in [5, 5.41) is 3.34. The number of nitrogens with zero attached hydrogens (tertiary/aromatic N) is 1. The first kappa shape index (κ1) is 13.8. The Morgan fingerprint density at radius 3 is 2.61 bits per heavy atom. The summed E-state index contributed by atoms with van der Waals surface area (Å²) in [7, 11) is 0.